The Labute approximate surface area is 340 Å². The number of benzene rings is 10. The van der Waals surface area contributed by atoms with E-state index < -0.39 is 0 Å². The lowest BCUT2D eigenvalue weighted by molar-refractivity contribution is 0.669. The molecule has 59 heavy (non-hydrogen) atoms. The molecule has 2 aromatic heterocycles. The average Bonchev–Trinajstić information content (AvgIpc) is 3.87. The van der Waals surface area contributed by atoms with E-state index in [1.165, 1.54) is 38.2 Å². The van der Waals surface area contributed by atoms with E-state index in [1.807, 2.05) is 24.3 Å². The van der Waals surface area contributed by atoms with Crippen LogP contribution in [0.3, 0.4) is 0 Å². The van der Waals surface area contributed by atoms with E-state index in [0.717, 1.165) is 77.6 Å². The molecule has 12 rings (SSSR count). The molecule has 3 nitrogen and oxygen atoms in total. The molecule has 276 valence electrons. The van der Waals surface area contributed by atoms with Crippen LogP contribution in [0.5, 0.6) is 0 Å². The quantitative estimate of drug-likeness (QED) is 0.158. The number of para-hydroxylation sites is 2. The van der Waals surface area contributed by atoms with Gasteiger partial charge in [-0.25, -0.2) is 0 Å². The van der Waals surface area contributed by atoms with E-state index in [9.17, 15) is 0 Å². The predicted octanol–water partition coefficient (Wildman–Crippen LogP) is 16.3. The van der Waals surface area contributed by atoms with Crippen molar-refractivity contribution in [3.63, 3.8) is 0 Å². The summed E-state index contributed by atoms with van der Waals surface area (Å²) >= 11 is 0. The predicted molar refractivity (Wildman–Crippen MR) is 247 cm³/mol. The number of fused-ring (bicyclic) bond motifs is 9. The first-order chi connectivity index (χ1) is 29.2. The van der Waals surface area contributed by atoms with Crippen LogP contribution in [0.1, 0.15) is 0 Å². The number of nitrogens with zero attached hydrogens (tertiary/aromatic N) is 1. The summed E-state index contributed by atoms with van der Waals surface area (Å²) in [6.45, 7) is 0. The maximum Gasteiger partial charge on any atom is 0.137 e. The van der Waals surface area contributed by atoms with E-state index >= 15 is 0 Å². The number of rotatable bonds is 6. The van der Waals surface area contributed by atoms with E-state index in [1.54, 1.807) is 0 Å². The SMILES string of the molecule is c1ccc(-c2ccc(-c3c(-c4cc5ccccc5c5ccccc45)cccc3N(c3ccc4c(c3)oc3ccccc34)c3ccc4c(c3)oc3ccccc34)cc2)cc1. The minimum absolute atomic E-state index is 0.837. The Hall–Kier alpha value is -7.88. The van der Waals surface area contributed by atoms with Crippen molar-refractivity contribution in [1.82, 2.24) is 0 Å². The summed E-state index contributed by atoms with van der Waals surface area (Å²) in [5.41, 5.74) is 13.4. The number of anilines is 3. The molecule has 0 atom stereocenters. The Bertz CT molecular complexity index is 3440. The molecule has 10 aromatic carbocycles. The minimum atomic E-state index is 0.837. The van der Waals surface area contributed by atoms with Crippen LogP contribution in [-0.2, 0) is 0 Å². The van der Waals surface area contributed by atoms with Crippen molar-refractivity contribution in [2.45, 2.75) is 0 Å². The molecule has 0 bridgehead atoms. The first kappa shape index (κ1) is 33.3. The van der Waals surface area contributed by atoms with Gasteiger partial charge in [0.2, 0.25) is 0 Å². The number of hydrogen-bond acceptors (Lipinski definition) is 3. The van der Waals surface area contributed by atoms with Crippen molar-refractivity contribution < 1.29 is 8.83 Å². The molecule has 0 aliphatic rings. The highest BCUT2D eigenvalue weighted by Crippen LogP contribution is 2.49. The van der Waals surface area contributed by atoms with Crippen LogP contribution in [0, 0.1) is 0 Å². The number of hydrogen-bond donors (Lipinski definition) is 0. The maximum absolute atomic E-state index is 6.53. The highest BCUT2D eigenvalue weighted by Gasteiger charge is 2.24. The van der Waals surface area contributed by atoms with Gasteiger partial charge in [0, 0.05) is 50.6 Å². The lowest BCUT2D eigenvalue weighted by Crippen LogP contribution is -2.11. The lowest BCUT2D eigenvalue weighted by Gasteiger charge is -2.29. The standard InChI is InChI=1S/C56H35NO2/c1-2-13-36(14-3-1)37-25-27-38(28-26-37)56-49(50-33-39-15-4-5-16-42(39)43-17-6-7-18-44(43)50)21-12-22-51(56)57(40-29-31-47-45-19-8-10-23-52(45)58-54(47)34-40)41-30-32-48-46-20-9-11-24-53(46)59-55(48)35-41/h1-35H. The summed E-state index contributed by atoms with van der Waals surface area (Å²) in [5.74, 6) is 0. The van der Waals surface area contributed by atoms with Gasteiger partial charge in [0.1, 0.15) is 22.3 Å². The van der Waals surface area contributed by atoms with Crippen molar-refractivity contribution in [1.29, 1.82) is 0 Å². The zero-order valence-corrected chi connectivity index (χ0v) is 32.0. The molecule has 0 aliphatic carbocycles. The third-order valence-electron chi connectivity index (χ3n) is 11.9. The van der Waals surface area contributed by atoms with Gasteiger partial charge in [-0.1, -0.05) is 152 Å². The van der Waals surface area contributed by atoms with Gasteiger partial charge in [-0.2, -0.15) is 0 Å². The topological polar surface area (TPSA) is 29.5 Å². The van der Waals surface area contributed by atoms with Gasteiger partial charge in [-0.15, -0.1) is 0 Å². The van der Waals surface area contributed by atoms with Gasteiger partial charge in [-0.05, 0) is 97.9 Å². The van der Waals surface area contributed by atoms with Crippen LogP contribution in [0.4, 0.5) is 17.1 Å². The fourth-order valence-corrected chi connectivity index (χ4v) is 9.13. The smallest absolute Gasteiger partial charge is 0.137 e. The van der Waals surface area contributed by atoms with Gasteiger partial charge in [0.15, 0.2) is 0 Å². The maximum atomic E-state index is 6.53. The fraction of sp³-hybridized carbons (Fsp3) is 0. The molecule has 0 aliphatic heterocycles. The van der Waals surface area contributed by atoms with Crippen LogP contribution < -0.4 is 4.90 Å². The molecule has 3 heteroatoms. The first-order valence-electron chi connectivity index (χ1n) is 20.1. The Morgan fingerprint density at radius 3 is 1.46 bits per heavy atom. The van der Waals surface area contributed by atoms with Crippen molar-refractivity contribution in [3.05, 3.63) is 212 Å². The van der Waals surface area contributed by atoms with E-state index in [2.05, 4.69) is 193 Å². The fourth-order valence-electron chi connectivity index (χ4n) is 9.13. The molecule has 12 aromatic rings. The summed E-state index contributed by atoms with van der Waals surface area (Å²) in [4.78, 5) is 2.37. The monoisotopic (exact) mass is 753 g/mol. The molecule has 0 unspecified atom stereocenters. The van der Waals surface area contributed by atoms with Crippen LogP contribution in [0.15, 0.2) is 221 Å². The van der Waals surface area contributed by atoms with E-state index in [0.29, 0.717) is 0 Å². The largest absolute Gasteiger partial charge is 0.456 e. The normalized spacial score (nSPS) is 11.7. The second-order valence-electron chi connectivity index (χ2n) is 15.2. The molecule has 0 fully saturated rings. The highest BCUT2D eigenvalue weighted by atomic mass is 16.3. The van der Waals surface area contributed by atoms with Gasteiger partial charge < -0.3 is 13.7 Å². The second kappa shape index (κ2) is 13.4. The Balaban J connectivity index is 1.16. The zero-order chi connectivity index (χ0) is 38.9. The van der Waals surface area contributed by atoms with Crippen LogP contribution in [0.2, 0.25) is 0 Å². The Morgan fingerprint density at radius 2 is 0.797 bits per heavy atom. The second-order valence-corrected chi connectivity index (χ2v) is 15.2. The minimum Gasteiger partial charge on any atom is -0.456 e. The molecule has 0 saturated heterocycles. The Morgan fingerprint density at radius 1 is 0.288 bits per heavy atom. The van der Waals surface area contributed by atoms with Crippen molar-refractivity contribution in [2.75, 3.05) is 4.90 Å². The Kier molecular flexibility index (Phi) is 7.54. The molecule has 2 heterocycles. The summed E-state index contributed by atoms with van der Waals surface area (Å²) < 4.78 is 13.1. The molecular formula is C56H35NO2. The molecule has 0 spiro atoms. The molecular weight excluding hydrogens is 719 g/mol. The van der Waals surface area contributed by atoms with Crippen LogP contribution in [0.25, 0.3) is 98.8 Å². The van der Waals surface area contributed by atoms with Gasteiger partial charge >= 0.3 is 0 Å². The summed E-state index contributed by atoms with van der Waals surface area (Å²) in [7, 11) is 0. The van der Waals surface area contributed by atoms with Gasteiger partial charge in [0.05, 0.1) is 5.69 Å². The summed E-state index contributed by atoms with van der Waals surface area (Å²) in [6, 6.07) is 75.9. The third kappa shape index (κ3) is 5.44. The molecule has 0 amide bonds. The van der Waals surface area contributed by atoms with Crippen molar-refractivity contribution in [3.8, 4) is 33.4 Å². The lowest BCUT2D eigenvalue weighted by atomic mass is 9.87. The first-order valence-corrected chi connectivity index (χ1v) is 20.1. The molecule has 0 saturated carbocycles. The molecule has 0 N–H and O–H groups in total. The van der Waals surface area contributed by atoms with E-state index in [4.69, 9.17) is 8.83 Å². The number of furan rings is 2. The van der Waals surface area contributed by atoms with Crippen molar-refractivity contribution >= 4 is 82.5 Å². The summed E-state index contributed by atoms with van der Waals surface area (Å²) in [6.07, 6.45) is 0. The highest BCUT2D eigenvalue weighted by molar-refractivity contribution is 6.16. The third-order valence-corrected chi connectivity index (χ3v) is 11.9. The molecule has 0 radical (unpaired) electrons. The van der Waals surface area contributed by atoms with E-state index in [-0.39, 0.29) is 0 Å². The van der Waals surface area contributed by atoms with Crippen LogP contribution >= 0.6 is 0 Å². The zero-order valence-electron chi connectivity index (χ0n) is 32.0. The van der Waals surface area contributed by atoms with Crippen LogP contribution in [-0.4, -0.2) is 0 Å². The van der Waals surface area contributed by atoms with Gasteiger partial charge in [-0.3, -0.25) is 0 Å². The van der Waals surface area contributed by atoms with Gasteiger partial charge in [0.25, 0.3) is 0 Å². The van der Waals surface area contributed by atoms with Crippen molar-refractivity contribution in [2.24, 2.45) is 0 Å². The average molecular weight is 754 g/mol. The summed E-state index contributed by atoms with van der Waals surface area (Å²) in [5, 5.41) is 9.29.